The van der Waals surface area contributed by atoms with Crippen molar-refractivity contribution in [3.63, 3.8) is 0 Å². The Bertz CT molecular complexity index is 5290. The molecule has 0 fully saturated rings. The topological polar surface area (TPSA) is 117 Å². The molecule has 2 amide bonds. The molecule has 10 rings (SSSR count). The summed E-state index contributed by atoms with van der Waals surface area (Å²) in [6.07, 6.45) is -18.6. The summed E-state index contributed by atoms with van der Waals surface area (Å²) in [6, 6.07) is 9.54. The number of halogens is 8. The number of fused-ring (bicyclic) bond motifs is 2. The Hall–Kier alpha value is -7.92. The number of nitrogens with zero attached hydrogens (tertiary/aromatic N) is 8. The van der Waals surface area contributed by atoms with Gasteiger partial charge in [-0.05, 0) is 171 Å². The largest absolute Gasteiger partial charge is 0.416 e. The van der Waals surface area contributed by atoms with Crippen molar-refractivity contribution < 1.29 is 77.6 Å². The predicted octanol–water partition coefficient (Wildman–Crippen LogP) is 15.3. The molecule has 12 nitrogen and oxygen atoms in total. The van der Waals surface area contributed by atoms with E-state index in [1.807, 2.05) is 0 Å². The van der Waals surface area contributed by atoms with E-state index >= 15 is 0 Å². The number of carbonyl (C=O) groups is 2. The number of carbonyl (C=O) groups excluding carboxylic acids is 2. The third kappa shape index (κ3) is 18.6. The van der Waals surface area contributed by atoms with E-state index in [4.69, 9.17) is 23.3 Å². The molecule has 22 heteroatoms. The number of likely N-dealkylation sites (N-methyl/N-ethyl adjacent to an activating group) is 2. The van der Waals surface area contributed by atoms with Crippen molar-refractivity contribution in [3.8, 4) is 22.3 Å². The Morgan fingerprint density at radius 2 is 1.15 bits per heavy atom. The molecule has 0 saturated heterocycles. The summed E-state index contributed by atoms with van der Waals surface area (Å²) in [6.45, 7) is -10.8. The first kappa shape index (κ1) is 46.3. The van der Waals surface area contributed by atoms with Crippen LogP contribution in [0.4, 0.5) is 35.1 Å². The maximum Gasteiger partial charge on any atom is 0.416 e. The van der Waals surface area contributed by atoms with Gasteiger partial charge in [0, 0.05) is 80.3 Å². The zero-order valence-electron chi connectivity index (χ0n) is 76.6. The number of alkyl halides is 6. The lowest BCUT2D eigenvalue weighted by atomic mass is 9.98. The fourth-order valence-electron chi connectivity index (χ4n) is 9.91. The van der Waals surface area contributed by atoms with E-state index in [9.17, 15) is 63.9 Å². The molecule has 0 saturated carbocycles. The number of thioether (sulfide) groups is 2. The summed E-state index contributed by atoms with van der Waals surface area (Å²) in [5.74, 6) is -3.60. The smallest absolute Gasteiger partial charge is 0.336 e. The van der Waals surface area contributed by atoms with Crippen LogP contribution in [0.25, 0.3) is 22.3 Å². The first-order chi connectivity index (χ1) is 55.0. The Morgan fingerprint density at radius 3 is 1.69 bits per heavy atom. The van der Waals surface area contributed by atoms with Gasteiger partial charge in [-0.3, -0.25) is 19.2 Å². The van der Waals surface area contributed by atoms with Crippen LogP contribution in [0.5, 0.6) is 0 Å². The predicted molar refractivity (Wildman–Crippen MR) is 363 cm³/mol. The summed E-state index contributed by atoms with van der Waals surface area (Å²) >= 11 is 1.74. The molecule has 96 heavy (non-hydrogen) atoms. The van der Waals surface area contributed by atoms with Gasteiger partial charge >= 0.3 is 12.4 Å². The number of hydrogen-bond donors (Lipinski definition) is 0. The van der Waals surface area contributed by atoms with E-state index < -0.39 is 223 Å². The van der Waals surface area contributed by atoms with E-state index in [-0.39, 0.29) is 58.6 Å². The van der Waals surface area contributed by atoms with Crippen molar-refractivity contribution in [2.24, 2.45) is 0 Å². The number of amides is 2. The molecule has 2 aliphatic rings. The van der Waals surface area contributed by atoms with E-state index in [0.717, 1.165) is 76.0 Å². The molecule has 2 aliphatic carbocycles. The minimum atomic E-state index is -5.17. The third-order valence-electron chi connectivity index (χ3n) is 15.2. The molecule has 0 aliphatic heterocycles. The minimum absolute atomic E-state index is 0.00916. The maximum atomic E-state index is 14.9. The lowest BCUT2D eigenvalue weighted by Crippen LogP contribution is -2.42. The van der Waals surface area contributed by atoms with Crippen LogP contribution in [-0.4, -0.2) is 103 Å². The van der Waals surface area contributed by atoms with Crippen LogP contribution < -0.4 is 11.1 Å². The van der Waals surface area contributed by atoms with Gasteiger partial charge in [0.05, 0.1) is 36.3 Å². The highest BCUT2D eigenvalue weighted by molar-refractivity contribution is 7.98. The monoisotopic (exact) mass is 1380 g/mol. The highest BCUT2D eigenvalue weighted by Gasteiger charge is 2.34. The van der Waals surface area contributed by atoms with Crippen LogP contribution in [0, 0.1) is 18.6 Å². The zero-order chi connectivity index (χ0) is 90.2. The second-order valence-corrected chi connectivity index (χ2v) is 23.3. The average Bonchev–Trinajstić information content (AvgIpc) is 1.50. The van der Waals surface area contributed by atoms with E-state index in [2.05, 4.69) is 9.97 Å². The van der Waals surface area contributed by atoms with Crippen LogP contribution in [0.15, 0.2) is 159 Å². The average molecular weight is 1390 g/mol. The number of hydrogen-bond acceptors (Lipinski definition) is 10. The molecule has 0 N–H and O–H groups in total. The Balaban J connectivity index is 0.000000273. The molecule has 2 heterocycles. The summed E-state index contributed by atoms with van der Waals surface area (Å²) < 4.78 is 321. The molecular formula is C74H80F8N8O4S2. The van der Waals surface area contributed by atoms with E-state index in [0.29, 0.717) is 39.3 Å². The fraction of sp³-hybridized carbons (Fsp3) is 0.378. The van der Waals surface area contributed by atoms with Gasteiger partial charge in [-0.25, -0.2) is 8.78 Å². The Kier molecular flexibility index (Phi) is 15.9. The molecule has 0 bridgehead atoms. The molecule has 0 spiro atoms. The number of benzene rings is 6. The van der Waals surface area contributed by atoms with Crippen molar-refractivity contribution in [2.45, 2.75) is 140 Å². The van der Waals surface area contributed by atoms with E-state index in [1.54, 1.807) is 6.92 Å². The van der Waals surface area contributed by atoms with Crippen molar-refractivity contribution in [3.05, 3.63) is 233 Å². The van der Waals surface area contributed by atoms with Crippen LogP contribution in [-0.2, 0) is 78.6 Å². The zero-order valence-corrected chi connectivity index (χ0v) is 54.2. The van der Waals surface area contributed by atoms with Gasteiger partial charge in [-0.1, -0.05) is 148 Å². The molecule has 1 atom stereocenters. The molecule has 1 unspecified atom stereocenters. The summed E-state index contributed by atoms with van der Waals surface area (Å²) in [7, 11) is 0. The van der Waals surface area contributed by atoms with Gasteiger partial charge in [-0.15, -0.1) is 0 Å². The highest BCUT2D eigenvalue weighted by atomic mass is 32.2. The molecule has 8 aromatic rings. The van der Waals surface area contributed by atoms with Crippen LogP contribution in [0.1, 0.15) is 148 Å². The normalized spacial score (nSPS) is 19.5. The Morgan fingerprint density at radius 1 is 0.625 bits per heavy atom. The van der Waals surface area contributed by atoms with Gasteiger partial charge < -0.3 is 28.7 Å². The SMILES string of the molecule is [2H]C([2H])(C)N(CC)CC([2H])([2H])N(C(=O)Cn1c(SCc2ccc(F)cc2)nc(=O)c2c1C([2H])([2H])C([2H])([2H])C2([2H])[2H])C([2H])(C)c1ccc(-c2ccc(C(F)(F)F)cc2)cc1.[2H]c1c([2H])c(C([2H])([2H])N(C(=O)Cn2c(SCc3ccc(F)cc3)nc(=O)c3c2CCC3)C([2H])([2H])CN(CC)C([2H])([2H])C)c([2H])c([2H])c1-c1c([2H])c([2H])c(C(F)(F)F)c(C)c1[2H]. The molecule has 0 radical (unpaired) electrons. The third-order valence-corrected chi connectivity index (χ3v) is 17.3. The first-order valence-electron chi connectivity index (χ1n) is 41.8. The van der Waals surface area contributed by atoms with E-state index in [1.165, 1.54) is 98.1 Å². The highest BCUT2D eigenvalue weighted by Crippen LogP contribution is 2.36. The lowest BCUT2D eigenvalue weighted by Gasteiger charge is -2.33. The summed E-state index contributed by atoms with van der Waals surface area (Å²) in [5, 5.41) is -0.423. The Labute approximate surface area is 597 Å². The summed E-state index contributed by atoms with van der Waals surface area (Å²) in [5.41, 5.74) is -7.61. The standard InChI is InChI=1S/2C37H40F4N4O2S/c1-4-43(5-2)21-22-44(25(3)27-11-13-28(14-12-27)29-15-17-30(18-16-29)37(39,40)41)34(46)23-45-33-8-6-7-32(33)35(47)42-36(45)48-24-26-9-19-31(38)20-10-26;1-4-43(5-2)19-20-44(22-26-9-13-28(14-10-26)29-15-18-32(25(3)21-29)37(39,40)41)34(46)23-45-33-8-6-7-31(33)35(47)42-36(45)48-24-27-11-16-30(38)17-12-27/h9-20,25H,4-8,21-24H2,1-3H3;9-18,21H,4-8,19-20,22-24H2,1-3H3/i4D2,6D2,7D2,8D2,22D2,25D;4D2,9D,10D,13D,14D,15D,18D,20D2,21D,22D2. The van der Waals surface area contributed by atoms with Gasteiger partial charge in [0.1, 0.15) is 24.7 Å². The fourth-order valence-corrected chi connectivity index (χ4v) is 11.8. The molecule has 2 aromatic heterocycles. The first-order valence-corrected chi connectivity index (χ1v) is 31.8. The van der Waals surface area contributed by atoms with Gasteiger partial charge in [0.25, 0.3) is 11.1 Å². The minimum Gasteiger partial charge on any atom is -0.336 e. The van der Waals surface area contributed by atoms with Crippen molar-refractivity contribution in [1.82, 2.24) is 38.7 Å². The number of aromatic nitrogens is 4. The van der Waals surface area contributed by atoms with Crippen molar-refractivity contribution in [1.29, 1.82) is 0 Å². The van der Waals surface area contributed by atoms with Crippen molar-refractivity contribution >= 4 is 35.3 Å². The van der Waals surface area contributed by atoms with Crippen LogP contribution in [0.3, 0.4) is 0 Å². The van der Waals surface area contributed by atoms with Crippen LogP contribution in [0.2, 0.25) is 0 Å². The molecular weight excluding hydrogens is 1280 g/mol. The molecule has 508 valence electrons. The van der Waals surface area contributed by atoms with Gasteiger partial charge in [-0.2, -0.15) is 36.3 Å². The quantitative estimate of drug-likeness (QED) is 0.0295. The maximum absolute atomic E-state index is 14.9. The summed E-state index contributed by atoms with van der Waals surface area (Å²) in [4.78, 5) is 66.9. The second kappa shape index (κ2) is 32.9. The lowest BCUT2D eigenvalue weighted by molar-refractivity contribution is -0.138. The second-order valence-electron chi connectivity index (χ2n) is 21.4. The molecule has 6 aromatic carbocycles. The number of rotatable bonds is 26. The van der Waals surface area contributed by atoms with Crippen LogP contribution >= 0.6 is 23.5 Å². The van der Waals surface area contributed by atoms with Crippen molar-refractivity contribution in [2.75, 3.05) is 52.2 Å². The van der Waals surface area contributed by atoms with Gasteiger partial charge in [0.15, 0.2) is 10.3 Å². The van der Waals surface area contributed by atoms with Gasteiger partial charge in [0.2, 0.25) is 11.8 Å².